The molecule has 0 amide bonds. The number of rotatable bonds is 5. The first-order valence-electron chi connectivity index (χ1n) is 7.08. The van der Waals surface area contributed by atoms with E-state index in [4.69, 9.17) is 33.5 Å². The number of thiophene rings is 1. The molecule has 0 spiro atoms. The Balaban J connectivity index is 1.64. The quantitative estimate of drug-likeness (QED) is 0.816. The van der Waals surface area contributed by atoms with Gasteiger partial charge in [0.15, 0.2) is 11.6 Å². The molecule has 1 saturated carbocycles. The molecule has 2 aromatic heterocycles. The monoisotopic (exact) mass is 359 g/mol. The number of carbonyl (C=O) groups is 1. The SMILES string of the molecule is NC1(c2noc(CCC(=O)c3cc(Cl)sc3Cl)n2)CCCC1. The van der Waals surface area contributed by atoms with E-state index in [1.165, 1.54) is 11.3 Å². The van der Waals surface area contributed by atoms with Gasteiger partial charge in [-0.2, -0.15) is 4.98 Å². The van der Waals surface area contributed by atoms with Crippen molar-refractivity contribution >= 4 is 40.3 Å². The first-order chi connectivity index (χ1) is 10.5. The molecule has 5 nitrogen and oxygen atoms in total. The Morgan fingerprint density at radius 3 is 2.77 bits per heavy atom. The molecule has 0 bridgehead atoms. The highest BCUT2D eigenvalue weighted by Gasteiger charge is 2.35. The van der Waals surface area contributed by atoms with Crippen LogP contribution < -0.4 is 5.73 Å². The van der Waals surface area contributed by atoms with Gasteiger partial charge in [-0.05, 0) is 18.9 Å². The molecule has 2 N–H and O–H groups in total. The van der Waals surface area contributed by atoms with Crippen LogP contribution in [0.1, 0.15) is 54.2 Å². The summed E-state index contributed by atoms with van der Waals surface area (Å²) in [5.41, 5.74) is 6.25. The van der Waals surface area contributed by atoms with Gasteiger partial charge in [0.25, 0.3) is 0 Å². The summed E-state index contributed by atoms with van der Waals surface area (Å²) in [5.74, 6) is 0.887. The van der Waals surface area contributed by atoms with E-state index in [0.29, 0.717) is 32.4 Å². The zero-order valence-corrected chi connectivity index (χ0v) is 14.1. The van der Waals surface area contributed by atoms with Crippen LogP contribution in [0.3, 0.4) is 0 Å². The molecule has 0 aromatic carbocycles. The van der Waals surface area contributed by atoms with Gasteiger partial charge in [0.05, 0.1) is 9.88 Å². The van der Waals surface area contributed by atoms with Gasteiger partial charge in [-0.3, -0.25) is 4.79 Å². The Labute approximate surface area is 141 Å². The minimum atomic E-state index is -0.476. The van der Waals surface area contributed by atoms with E-state index in [1.807, 2.05) is 0 Å². The van der Waals surface area contributed by atoms with E-state index >= 15 is 0 Å². The number of aromatic nitrogens is 2. The number of ketones is 1. The highest BCUT2D eigenvalue weighted by atomic mass is 35.5. The summed E-state index contributed by atoms with van der Waals surface area (Å²) in [4.78, 5) is 16.5. The fourth-order valence-electron chi connectivity index (χ4n) is 2.67. The van der Waals surface area contributed by atoms with Crippen molar-refractivity contribution < 1.29 is 9.32 Å². The first kappa shape index (κ1) is 15.9. The molecular weight excluding hydrogens is 345 g/mol. The van der Waals surface area contributed by atoms with Crippen LogP contribution in [0.4, 0.5) is 0 Å². The molecule has 0 saturated heterocycles. The molecule has 0 aliphatic heterocycles. The number of hydrogen-bond donors (Lipinski definition) is 1. The second-order valence-electron chi connectivity index (χ2n) is 5.54. The lowest BCUT2D eigenvalue weighted by Crippen LogP contribution is -2.34. The zero-order chi connectivity index (χ0) is 15.7. The predicted molar refractivity (Wildman–Crippen MR) is 85.6 cm³/mol. The highest BCUT2D eigenvalue weighted by Crippen LogP contribution is 2.35. The average molecular weight is 360 g/mol. The lowest BCUT2D eigenvalue weighted by atomic mass is 9.99. The third-order valence-electron chi connectivity index (χ3n) is 3.93. The summed E-state index contributed by atoms with van der Waals surface area (Å²) in [7, 11) is 0. The van der Waals surface area contributed by atoms with Crippen LogP contribution in [-0.2, 0) is 12.0 Å². The molecule has 0 radical (unpaired) electrons. The minimum absolute atomic E-state index is 0.0868. The van der Waals surface area contributed by atoms with Crippen molar-refractivity contribution in [3.8, 4) is 0 Å². The standard InChI is InChI=1S/C14H15Cl2N3O2S/c15-10-7-8(12(16)22-10)9(20)3-4-11-18-13(19-21-11)14(17)5-1-2-6-14/h7H,1-6,17H2. The third-order valence-corrected chi connectivity index (χ3v) is 5.42. The minimum Gasteiger partial charge on any atom is -0.339 e. The average Bonchev–Trinajstić information content (AvgIpc) is 3.17. The summed E-state index contributed by atoms with van der Waals surface area (Å²) in [6.07, 6.45) is 4.51. The molecule has 3 rings (SSSR count). The van der Waals surface area contributed by atoms with Crippen molar-refractivity contribution in [3.05, 3.63) is 32.0 Å². The zero-order valence-electron chi connectivity index (χ0n) is 11.8. The molecule has 0 atom stereocenters. The fourth-order valence-corrected chi connectivity index (χ4v) is 4.17. The molecule has 22 heavy (non-hydrogen) atoms. The number of nitrogens with zero attached hydrogens (tertiary/aromatic N) is 2. The van der Waals surface area contributed by atoms with E-state index in [9.17, 15) is 4.79 Å². The van der Waals surface area contributed by atoms with Crippen molar-refractivity contribution in [1.29, 1.82) is 0 Å². The summed E-state index contributed by atoms with van der Waals surface area (Å²) in [6, 6.07) is 1.59. The molecule has 0 unspecified atom stereocenters. The topological polar surface area (TPSA) is 82.0 Å². The Kier molecular flexibility index (Phi) is 4.54. The van der Waals surface area contributed by atoms with Crippen molar-refractivity contribution in [2.24, 2.45) is 5.73 Å². The van der Waals surface area contributed by atoms with Crippen molar-refractivity contribution in [2.75, 3.05) is 0 Å². The molecule has 1 fully saturated rings. The maximum absolute atomic E-state index is 12.1. The largest absolute Gasteiger partial charge is 0.339 e. The van der Waals surface area contributed by atoms with Gasteiger partial charge in [0.2, 0.25) is 5.89 Å². The summed E-state index contributed by atoms with van der Waals surface area (Å²) < 4.78 is 6.12. The van der Waals surface area contributed by atoms with Gasteiger partial charge in [-0.1, -0.05) is 41.2 Å². The van der Waals surface area contributed by atoms with Crippen molar-refractivity contribution in [2.45, 2.75) is 44.1 Å². The van der Waals surface area contributed by atoms with E-state index in [1.54, 1.807) is 6.07 Å². The lowest BCUT2D eigenvalue weighted by Gasteiger charge is -2.17. The number of Topliss-reactive ketones (excluding diaryl/α,β-unsaturated/α-hetero) is 1. The van der Waals surface area contributed by atoms with E-state index < -0.39 is 5.54 Å². The van der Waals surface area contributed by atoms with Crippen LogP contribution in [0.5, 0.6) is 0 Å². The van der Waals surface area contributed by atoms with Crippen molar-refractivity contribution in [3.63, 3.8) is 0 Å². The van der Waals surface area contributed by atoms with Crippen LogP contribution in [0.15, 0.2) is 10.6 Å². The normalized spacial score (nSPS) is 17.0. The van der Waals surface area contributed by atoms with E-state index in [-0.39, 0.29) is 12.2 Å². The van der Waals surface area contributed by atoms with Gasteiger partial charge >= 0.3 is 0 Å². The first-order valence-corrected chi connectivity index (χ1v) is 8.65. The third kappa shape index (κ3) is 3.20. The smallest absolute Gasteiger partial charge is 0.227 e. The van der Waals surface area contributed by atoms with Gasteiger partial charge in [0, 0.05) is 18.4 Å². The van der Waals surface area contributed by atoms with E-state index in [2.05, 4.69) is 10.1 Å². The van der Waals surface area contributed by atoms with Gasteiger partial charge < -0.3 is 10.3 Å². The highest BCUT2D eigenvalue weighted by molar-refractivity contribution is 7.20. The van der Waals surface area contributed by atoms with Crippen LogP contribution in [0.25, 0.3) is 0 Å². The summed E-state index contributed by atoms with van der Waals surface area (Å²) >= 11 is 13.0. The molecule has 8 heteroatoms. The van der Waals surface area contributed by atoms with Crippen LogP contribution in [0, 0.1) is 0 Å². The van der Waals surface area contributed by atoms with Gasteiger partial charge in [-0.25, -0.2) is 0 Å². The molecule has 2 heterocycles. The van der Waals surface area contributed by atoms with Crippen LogP contribution >= 0.6 is 34.5 Å². The fraction of sp³-hybridized carbons (Fsp3) is 0.500. The number of carbonyl (C=O) groups excluding carboxylic acids is 1. The molecule has 1 aliphatic rings. The van der Waals surface area contributed by atoms with E-state index in [0.717, 1.165) is 25.7 Å². The Hall–Kier alpha value is -0.950. The Bertz CT molecular complexity index is 692. The van der Waals surface area contributed by atoms with Gasteiger partial charge in [-0.15, -0.1) is 11.3 Å². The number of hydrogen-bond acceptors (Lipinski definition) is 6. The maximum Gasteiger partial charge on any atom is 0.227 e. The molecule has 2 aromatic rings. The molecular formula is C14H15Cl2N3O2S. The van der Waals surface area contributed by atoms with Crippen LogP contribution in [0.2, 0.25) is 8.67 Å². The molecule has 1 aliphatic carbocycles. The lowest BCUT2D eigenvalue weighted by molar-refractivity contribution is 0.0980. The Morgan fingerprint density at radius 1 is 1.41 bits per heavy atom. The Morgan fingerprint density at radius 2 is 2.14 bits per heavy atom. The van der Waals surface area contributed by atoms with Gasteiger partial charge in [0.1, 0.15) is 4.34 Å². The second kappa shape index (κ2) is 6.28. The second-order valence-corrected chi connectivity index (χ2v) is 7.82. The number of nitrogens with two attached hydrogens (primary N) is 1. The number of halogens is 2. The molecule has 118 valence electrons. The number of aryl methyl sites for hydroxylation is 1. The summed E-state index contributed by atoms with van der Waals surface area (Å²) in [5, 5.41) is 3.97. The maximum atomic E-state index is 12.1. The van der Waals surface area contributed by atoms with Crippen LogP contribution in [-0.4, -0.2) is 15.9 Å². The van der Waals surface area contributed by atoms with Crippen molar-refractivity contribution in [1.82, 2.24) is 10.1 Å². The predicted octanol–water partition coefficient (Wildman–Crippen LogP) is 3.98. The summed E-state index contributed by atoms with van der Waals surface area (Å²) in [6.45, 7) is 0.